The predicted molar refractivity (Wildman–Crippen MR) is 260 cm³/mol. The smallest absolute Gasteiger partial charge is 0.419 e. The van der Waals surface area contributed by atoms with E-state index in [9.17, 15) is 28.8 Å². The number of anilines is 2. The first-order chi connectivity index (χ1) is 32.1. The first-order valence-electron chi connectivity index (χ1n) is 20.9. The summed E-state index contributed by atoms with van der Waals surface area (Å²) < 4.78 is 18.9. The van der Waals surface area contributed by atoms with Crippen LogP contribution in [0, 0.1) is 20.8 Å². The van der Waals surface area contributed by atoms with Crippen molar-refractivity contribution in [1.82, 2.24) is 19.1 Å². The lowest BCUT2D eigenvalue weighted by Crippen LogP contribution is -2.34. The fourth-order valence-electron chi connectivity index (χ4n) is 6.93. The van der Waals surface area contributed by atoms with Gasteiger partial charge < -0.3 is 34.8 Å². The third-order valence-electron chi connectivity index (χ3n) is 9.74. The second kappa shape index (κ2) is 20.3. The highest BCUT2D eigenvalue weighted by molar-refractivity contribution is 7.09. The zero-order chi connectivity index (χ0) is 49.7. The summed E-state index contributed by atoms with van der Waals surface area (Å²) >= 11 is 2.79. The van der Waals surface area contributed by atoms with E-state index in [1.165, 1.54) is 22.7 Å². The lowest BCUT2D eigenvalue weighted by atomic mass is 10.1. The number of nitrogens with one attached hydrogen (secondary N) is 4. The molecule has 0 fully saturated rings. The number of hydrogen-bond acceptors (Lipinski definition) is 13. The van der Waals surface area contributed by atoms with Gasteiger partial charge in [-0.15, -0.1) is 22.7 Å². The number of nitrogens with zero attached hydrogens (tertiary/aromatic N) is 2. The van der Waals surface area contributed by atoms with Gasteiger partial charge in [0.15, 0.2) is 11.4 Å². The van der Waals surface area contributed by atoms with E-state index < -0.39 is 46.5 Å². The van der Waals surface area contributed by atoms with Crippen LogP contribution in [0.1, 0.15) is 84.8 Å². The quantitative estimate of drug-likeness (QED) is 0.0867. The number of carbonyl (C=O) groups is 4. The van der Waals surface area contributed by atoms with E-state index in [1.807, 2.05) is 86.1 Å². The summed E-state index contributed by atoms with van der Waals surface area (Å²) in [5.74, 6) is -1.40. The lowest BCUT2D eigenvalue weighted by molar-refractivity contribution is -0.191. The number of thiophene rings is 2. The number of aryl methyl sites for hydroxylation is 3. The van der Waals surface area contributed by atoms with Crippen LogP contribution in [0.3, 0.4) is 0 Å². The number of ether oxygens (including phenoxy) is 3. The van der Waals surface area contributed by atoms with E-state index in [4.69, 9.17) is 23.8 Å². The van der Waals surface area contributed by atoms with Crippen LogP contribution < -0.4 is 21.9 Å². The second-order valence-electron chi connectivity index (χ2n) is 17.4. The Kier molecular flexibility index (Phi) is 14.8. The number of aromatic amines is 2. The maximum Gasteiger partial charge on any atom is 0.419 e. The van der Waals surface area contributed by atoms with Gasteiger partial charge in [0.25, 0.3) is 5.56 Å². The van der Waals surface area contributed by atoms with Crippen LogP contribution in [0.2, 0.25) is 0 Å². The summed E-state index contributed by atoms with van der Waals surface area (Å²) in [6.45, 7) is 16.2. The Hall–Kier alpha value is -7.86. The molecule has 0 aliphatic heterocycles. The summed E-state index contributed by atoms with van der Waals surface area (Å²) in [7, 11) is 0. The molecular weight excluding hydrogens is 913 g/mol. The van der Waals surface area contributed by atoms with Gasteiger partial charge in [-0.1, -0.05) is 53.6 Å². The molecule has 5 heterocycles. The van der Waals surface area contributed by atoms with Crippen LogP contribution in [0.15, 0.2) is 97.8 Å². The number of fused-ring (bicyclic) bond motifs is 3. The molecule has 0 unspecified atom stereocenters. The van der Waals surface area contributed by atoms with E-state index in [0.29, 0.717) is 38.4 Å². The van der Waals surface area contributed by atoms with E-state index in [2.05, 4.69) is 20.6 Å². The third-order valence-corrected chi connectivity index (χ3v) is 11.3. The molecule has 5 aromatic heterocycles. The molecule has 68 heavy (non-hydrogen) atoms. The SMILES string of the molecule is Cc1ccc2[nH]c(C(=O)OC(C)(C)C)c(-n3c(=O)[nH]c4cscc4c3=O)c2c1.Cc1ccc2c(c1)c(NC(=O)Nc1cscc1C)c(C(=O)OC(C)(C)C)n2C(=O)OCc1ccccc1.O=C=O. The van der Waals surface area contributed by atoms with Gasteiger partial charge in [-0.3, -0.25) is 4.79 Å². The lowest BCUT2D eigenvalue weighted by Gasteiger charge is -2.20. The number of aromatic nitrogens is 4. The largest absolute Gasteiger partial charge is 0.455 e. The zero-order valence-electron chi connectivity index (χ0n) is 38.6. The van der Waals surface area contributed by atoms with Crippen molar-refractivity contribution in [1.29, 1.82) is 0 Å². The highest BCUT2D eigenvalue weighted by Crippen LogP contribution is 2.35. The maximum absolute atomic E-state index is 13.5. The fourth-order valence-corrected chi connectivity index (χ4v) is 8.46. The fraction of sp³-hybridized carbons (Fsp3) is 0.245. The number of rotatable bonds is 7. The second-order valence-corrected chi connectivity index (χ2v) is 18.9. The van der Waals surface area contributed by atoms with Crippen LogP contribution in [-0.4, -0.2) is 60.5 Å². The molecule has 8 aromatic rings. The highest BCUT2D eigenvalue weighted by Gasteiger charge is 2.32. The summed E-state index contributed by atoms with van der Waals surface area (Å²) in [5.41, 5.74) is 3.37. The molecule has 0 atom stereocenters. The summed E-state index contributed by atoms with van der Waals surface area (Å²) in [6.07, 6.45) is -0.513. The van der Waals surface area contributed by atoms with Gasteiger partial charge in [0.05, 0.1) is 33.5 Å². The summed E-state index contributed by atoms with van der Waals surface area (Å²) in [4.78, 5) is 101. The molecule has 4 N–H and O–H groups in total. The molecule has 3 aromatic carbocycles. The molecule has 19 heteroatoms. The minimum atomic E-state index is -0.838. The van der Waals surface area contributed by atoms with E-state index >= 15 is 0 Å². The van der Waals surface area contributed by atoms with E-state index in [-0.39, 0.29) is 35.5 Å². The number of esters is 2. The summed E-state index contributed by atoms with van der Waals surface area (Å²) in [5, 5.41) is 14.2. The van der Waals surface area contributed by atoms with Crippen LogP contribution in [0.25, 0.3) is 38.4 Å². The van der Waals surface area contributed by atoms with Crippen molar-refractivity contribution in [3.05, 3.63) is 143 Å². The van der Waals surface area contributed by atoms with Crippen LogP contribution >= 0.6 is 22.7 Å². The highest BCUT2D eigenvalue weighted by atomic mass is 32.1. The number of amides is 2. The van der Waals surface area contributed by atoms with Crippen LogP contribution in [0.5, 0.6) is 0 Å². The topological polar surface area (TPSA) is 230 Å². The zero-order valence-corrected chi connectivity index (χ0v) is 40.2. The molecular formula is C49H48N6O11S2. The first-order valence-corrected chi connectivity index (χ1v) is 22.8. The van der Waals surface area contributed by atoms with Crippen LogP contribution in [0.4, 0.5) is 21.0 Å². The number of hydrogen-bond donors (Lipinski definition) is 4. The van der Waals surface area contributed by atoms with Crippen molar-refractivity contribution in [2.45, 2.75) is 80.1 Å². The molecule has 17 nitrogen and oxygen atoms in total. The average molecular weight is 961 g/mol. The van der Waals surface area contributed by atoms with Crippen molar-refractivity contribution < 1.29 is 43.0 Å². The van der Waals surface area contributed by atoms with Gasteiger partial charge >= 0.3 is 35.9 Å². The van der Waals surface area contributed by atoms with E-state index in [0.717, 1.165) is 31.4 Å². The Morgan fingerprint density at radius 1 is 0.706 bits per heavy atom. The minimum Gasteiger partial charge on any atom is -0.455 e. The van der Waals surface area contributed by atoms with Gasteiger partial charge in [0.2, 0.25) is 0 Å². The van der Waals surface area contributed by atoms with Gasteiger partial charge in [-0.2, -0.15) is 9.59 Å². The normalized spacial score (nSPS) is 11.2. The van der Waals surface area contributed by atoms with Gasteiger partial charge in [-0.25, -0.2) is 33.1 Å². The molecule has 0 saturated heterocycles. The average Bonchev–Trinajstić information content (AvgIpc) is 4.05. The van der Waals surface area contributed by atoms with Crippen molar-refractivity contribution in [3.63, 3.8) is 0 Å². The van der Waals surface area contributed by atoms with Gasteiger partial charge in [0, 0.05) is 32.4 Å². The van der Waals surface area contributed by atoms with Crippen molar-refractivity contribution >= 4 is 97.0 Å². The Balaban J connectivity index is 0.000000219. The Morgan fingerprint density at radius 3 is 1.96 bits per heavy atom. The molecule has 8 rings (SSSR count). The van der Waals surface area contributed by atoms with Crippen molar-refractivity contribution in [2.75, 3.05) is 10.6 Å². The minimum absolute atomic E-state index is 0.0135. The molecule has 0 aliphatic carbocycles. The molecule has 352 valence electrons. The molecule has 0 aliphatic rings. The molecule has 0 bridgehead atoms. The molecule has 2 amide bonds. The third kappa shape index (κ3) is 11.4. The van der Waals surface area contributed by atoms with E-state index in [1.54, 1.807) is 64.4 Å². The van der Waals surface area contributed by atoms with Crippen molar-refractivity contribution in [2.24, 2.45) is 0 Å². The monoisotopic (exact) mass is 960 g/mol. The Bertz CT molecular complexity index is 3350. The molecule has 0 spiro atoms. The van der Waals surface area contributed by atoms with Crippen molar-refractivity contribution in [3.8, 4) is 5.69 Å². The molecule has 0 saturated carbocycles. The number of carbonyl (C=O) groups excluding carboxylic acids is 6. The van der Waals surface area contributed by atoms with Crippen LogP contribution in [-0.2, 0) is 30.4 Å². The Labute approximate surface area is 396 Å². The standard InChI is InChI=1S/C28H29N3O5S.C20H19N3O4S.CO2/c1-17-11-12-22-20(13-17)23(30-26(33)29-21-16-37-15-18(21)2)24(25(32)36-28(3,4)5)31(22)27(34)35-14-19-9-7-6-8-10-19;1-10-5-6-13-11(7-10)16(15(21-13)18(25)27-20(2,3)4)23-17(24)12-8-28-9-14(12)22-19(23)26;2-1-3/h6-13,15-16H,14H2,1-5H3,(H2,29,30,33);5-9,21H,1-4H3,(H,22,26);. The van der Waals surface area contributed by atoms with Gasteiger partial charge in [-0.05, 0) is 103 Å². The first kappa shape index (κ1) is 49.6. The number of H-pyrrole nitrogens is 2. The predicted octanol–water partition coefficient (Wildman–Crippen LogP) is 10.0. The van der Waals surface area contributed by atoms with Gasteiger partial charge in [0.1, 0.15) is 17.8 Å². The Morgan fingerprint density at radius 2 is 1.32 bits per heavy atom. The maximum atomic E-state index is 13.5. The molecule has 0 radical (unpaired) electrons. The summed E-state index contributed by atoms with van der Waals surface area (Å²) in [6, 6.07) is 19.5. The number of urea groups is 1. The number of benzene rings is 3.